The van der Waals surface area contributed by atoms with E-state index >= 15 is 0 Å². The first-order chi connectivity index (χ1) is 14.0. The summed E-state index contributed by atoms with van der Waals surface area (Å²) in [5.41, 5.74) is 4.60. The van der Waals surface area contributed by atoms with Crippen molar-refractivity contribution < 1.29 is 8.81 Å². The van der Waals surface area contributed by atoms with E-state index in [1.165, 1.54) is 12.1 Å². The fourth-order valence-corrected chi connectivity index (χ4v) is 3.46. The SMILES string of the molecule is Cc1ccc(N[C@H](c2nnc(-c3ccccc3)o2)c2ccc(F)cc2Cl)c(C)c1. The second kappa shape index (κ2) is 8.05. The molecule has 1 aromatic heterocycles. The summed E-state index contributed by atoms with van der Waals surface area (Å²) in [6, 6.07) is 19.4. The molecular formula is C23H19ClFN3O. The van der Waals surface area contributed by atoms with Crippen molar-refractivity contribution in [1.82, 2.24) is 10.2 Å². The standard InChI is InChI=1S/C23H19ClFN3O/c1-14-8-11-20(15(2)12-14)26-21(18-10-9-17(25)13-19(18)24)23-28-27-22(29-23)16-6-4-3-5-7-16/h3-13,21,26H,1-2H3/t21-/m0/s1. The van der Waals surface area contributed by atoms with Gasteiger partial charge in [-0.3, -0.25) is 0 Å². The van der Waals surface area contributed by atoms with Crippen LogP contribution in [0, 0.1) is 19.7 Å². The van der Waals surface area contributed by atoms with E-state index in [4.69, 9.17) is 16.0 Å². The van der Waals surface area contributed by atoms with Crippen LogP contribution in [0.25, 0.3) is 11.5 Å². The topological polar surface area (TPSA) is 51.0 Å². The molecule has 0 spiro atoms. The summed E-state index contributed by atoms with van der Waals surface area (Å²) in [7, 11) is 0. The molecule has 29 heavy (non-hydrogen) atoms. The smallest absolute Gasteiger partial charge is 0.247 e. The number of nitrogens with zero attached hydrogens (tertiary/aromatic N) is 2. The summed E-state index contributed by atoms with van der Waals surface area (Å²) in [5, 5.41) is 12.1. The van der Waals surface area contributed by atoms with Gasteiger partial charge in [-0.15, -0.1) is 10.2 Å². The Balaban J connectivity index is 1.77. The lowest BCUT2D eigenvalue weighted by Crippen LogP contribution is -2.14. The lowest BCUT2D eigenvalue weighted by atomic mass is 10.0. The lowest BCUT2D eigenvalue weighted by Gasteiger charge is -2.20. The Morgan fingerprint density at radius 1 is 0.966 bits per heavy atom. The van der Waals surface area contributed by atoms with Gasteiger partial charge < -0.3 is 9.73 Å². The van der Waals surface area contributed by atoms with Crippen LogP contribution in [0.15, 0.2) is 71.1 Å². The summed E-state index contributed by atoms with van der Waals surface area (Å²) < 4.78 is 19.6. The largest absolute Gasteiger partial charge is 0.418 e. The maximum atomic E-state index is 13.6. The highest BCUT2D eigenvalue weighted by Crippen LogP contribution is 2.33. The van der Waals surface area contributed by atoms with E-state index in [-0.39, 0.29) is 5.02 Å². The van der Waals surface area contributed by atoms with Crippen LogP contribution in [0.1, 0.15) is 28.6 Å². The van der Waals surface area contributed by atoms with Gasteiger partial charge >= 0.3 is 0 Å². The minimum absolute atomic E-state index is 0.284. The van der Waals surface area contributed by atoms with Gasteiger partial charge in [-0.25, -0.2) is 4.39 Å². The Morgan fingerprint density at radius 3 is 2.48 bits per heavy atom. The summed E-state index contributed by atoms with van der Waals surface area (Å²) in [5.74, 6) is 0.350. The summed E-state index contributed by atoms with van der Waals surface area (Å²) in [6.45, 7) is 4.05. The van der Waals surface area contributed by atoms with E-state index in [0.717, 1.165) is 22.4 Å². The molecule has 146 valence electrons. The fourth-order valence-electron chi connectivity index (χ4n) is 3.19. The van der Waals surface area contributed by atoms with Crippen molar-refractivity contribution in [3.05, 3.63) is 100 Å². The second-order valence-corrected chi connectivity index (χ2v) is 7.28. The van der Waals surface area contributed by atoms with Crippen LogP contribution in [0.3, 0.4) is 0 Å². The summed E-state index contributed by atoms with van der Waals surface area (Å²) >= 11 is 6.36. The number of rotatable bonds is 5. The van der Waals surface area contributed by atoms with E-state index in [9.17, 15) is 4.39 Å². The number of aromatic nitrogens is 2. The average molecular weight is 408 g/mol. The molecule has 0 bridgehead atoms. The van der Waals surface area contributed by atoms with E-state index in [0.29, 0.717) is 17.3 Å². The van der Waals surface area contributed by atoms with Crippen LogP contribution in [0.5, 0.6) is 0 Å². The molecule has 1 N–H and O–H groups in total. The molecule has 6 heteroatoms. The molecule has 0 aliphatic carbocycles. The number of anilines is 1. The predicted octanol–water partition coefficient (Wildman–Crippen LogP) is 6.35. The highest BCUT2D eigenvalue weighted by molar-refractivity contribution is 6.31. The number of aryl methyl sites for hydroxylation is 2. The van der Waals surface area contributed by atoms with Crippen molar-refractivity contribution in [2.45, 2.75) is 19.9 Å². The molecule has 0 saturated carbocycles. The first kappa shape index (κ1) is 19.2. The molecule has 4 nitrogen and oxygen atoms in total. The molecule has 0 saturated heterocycles. The quantitative estimate of drug-likeness (QED) is 0.419. The van der Waals surface area contributed by atoms with Gasteiger partial charge in [-0.2, -0.15) is 0 Å². The third kappa shape index (κ3) is 4.15. The zero-order valence-electron chi connectivity index (χ0n) is 16.0. The summed E-state index contributed by atoms with van der Waals surface area (Å²) in [6.07, 6.45) is 0. The molecular weight excluding hydrogens is 389 g/mol. The Hall–Kier alpha value is -3.18. The minimum atomic E-state index is -0.533. The average Bonchev–Trinajstić information content (AvgIpc) is 3.19. The van der Waals surface area contributed by atoms with Crippen LogP contribution in [0.4, 0.5) is 10.1 Å². The third-order valence-electron chi connectivity index (χ3n) is 4.66. The molecule has 0 aliphatic rings. The Bertz CT molecular complexity index is 1140. The van der Waals surface area contributed by atoms with E-state index < -0.39 is 11.9 Å². The maximum Gasteiger partial charge on any atom is 0.247 e. The number of benzene rings is 3. The van der Waals surface area contributed by atoms with Crippen LogP contribution in [-0.2, 0) is 0 Å². The van der Waals surface area contributed by atoms with Crippen molar-refractivity contribution in [2.24, 2.45) is 0 Å². The van der Waals surface area contributed by atoms with E-state index in [1.54, 1.807) is 6.07 Å². The molecule has 0 unspecified atom stereocenters. The van der Waals surface area contributed by atoms with Crippen LogP contribution < -0.4 is 5.32 Å². The Morgan fingerprint density at radius 2 is 1.76 bits per heavy atom. The number of nitrogens with one attached hydrogen (secondary N) is 1. The van der Waals surface area contributed by atoms with Gasteiger partial charge in [-0.05, 0) is 49.7 Å². The van der Waals surface area contributed by atoms with Crippen molar-refractivity contribution in [3.8, 4) is 11.5 Å². The third-order valence-corrected chi connectivity index (χ3v) is 4.99. The zero-order valence-corrected chi connectivity index (χ0v) is 16.7. The van der Waals surface area contributed by atoms with Crippen LogP contribution >= 0.6 is 11.6 Å². The van der Waals surface area contributed by atoms with Gasteiger partial charge in [-0.1, -0.05) is 53.6 Å². The molecule has 1 heterocycles. The Kier molecular flexibility index (Phi) is 5.32. The highest BCUT2D eigenvalue weighted by Gasteiger charge is 2.24. The molecule has 0 fully saturated rings. The molecule has 4 aromatic rings. The van der Waals surface area contributed by atoms with Crippen molar-refractivity contribution in [2.75, 3.05) is 5.32 Å². The van der Waals surface area contributed by atoms with Gasteiger partial charge in [0, 0.05) is 21.8 Å². The van der Waals surface area contributed by atoms with Crippen molar-refractivity contribution >= 4 is 17.3 Å². The minimum Gasteiger partial charge on any atom is -0.418 e. The molecule has 0 amide bonds. The highest BCUT2D eigenvalue weighted by atomic mass is 35.5. The number of hydrogen-bond donors (Lipinski definition) is 1. The van der Waals surface area contributed by atoms with Gasteiger partial charge in [0.2, 0.25) is 11.8 Å². The van der Waals surface area contributed by atoms with Crippen molar-refractivity contribution in [3.63, 3.8) is 0 Å². The lowest BCUT2D eigenvalue weighted by molar-refractivity contribution is 0.493. The first-order valence-electron chi connectivity index (χ1n) is 9.19. The van der Waals surface area contributed by atoms with Crippen molar-refractivity contribution in [1.29, 1.82) is 0 Å². The predicted molar refractivity (Wildman–Crippen MR) is 113 cm³/mol. The molecule has 4 rings (SSSR count). The second-order valence-electron chi connectivity index (χ2n) is 6.87. The number of halogens is 2. The molecule has 1 atom stereocenters. The maximum absolute atomic E-state index is 13.6. The first-order valence-corrected chi connectivity index (χ1v) is 9.56. The number of hydrogen-bond acceptors (Lipinski definition) is 4. The van der Waals surface area contributed by atoms with Crippen LogP contribution in [0.2, 0.25) is 5.02 Å². The van der Waals surface area contributed by atoms with Gasteiger partial charge in [0.1, 0.15) is 11.9 Å². The monoisotopic (exact) mass is 407 g/mol. The van der Waals surface area contributed by atoms with Gasteiger partial charge in [0.15, 0.2) is 0 Å². The van der Waals surface area contributed by atoms with Gasteiger partial charge in [0.25, 0.3) is 0 Å². The Labute approximate surface area is 173 Å². The molecule has 0 aliphatic heterocycles. The normalized spacial score (nSPS) is 12.0. The van der Waals surface area contributed by atoms with Crippen LogP contribution in [-0.4, -0.2) is 10.2 Å². The van der Waals surface area contributed by atoms with Gasteiger partial charge in [0.05, 0.1) is 0 Å². The molecule has 0 radical (unpaired) electrons. The molecule has 3 aromatic carbocycles. The van der Waals surface area contributed by atoms with E-state index in [1.807, 2.05) is 56.3 Å². The fraction of sp³-hybridized carbons (Fsp3) is 0.130. The van der Waals surface area contributed by atoms with E-state index in [2.05, 4.69) is 21.6 Å². The zero-order chi connectivity index (χ0) is 20.4. The summed E-state index contributed by atoms with van der Waals surface area (Å²) in [4.78, 5) is 0.